The molecule has 0 radical (unpaired) electrons. The second-order valence-electron chi connectivity index (χ2n) is 6.42. The third-order valence-corrected chi connectivity index (χ3v) is 4.90. The van der Waals surface area contributed by atoms with Crippen molar-refractivity contribution in [2.45, 2.75) is 52.0 Å². The molecule has 1 fully saturated rings. The van der Waals surface area contributed by atoms with Crippen LogP contribution in [0.1, 0.15) is 45.2 Å². The average Bonchev–Trinajstić information content (AvgIpc) is 2.94. The van der Waals surface area contributed by atoms with Crippen LogP contribution >= 0.6 is 11.3 Å². The lowest BCUT2D eigenvalue weighted by Gasteiger charge is -2.26. The number of nitrogens with one attached hydrogen (secondary N) is 2. The van der Waals surface area contributed by atoms with Gasteiger partial charge in [0.25, 0.3) is 0 Å². The Hall–Kier alpha value is -1.96. The third kappa shape index (κ3) is 5.30. The monoisotopic (exact) mass is 353 g/mol. The number of rotatable bonds is 6. The van der Waals surface area contributed by atoms with E-state index in [0.717, 1.165) is 0 Å². The lowest BCUT2D eigenvalue weighted by molar-refractivity contribution is -0.142. The second-order valence-corrected chi connectivity index (χ2v) is 7.28. The van der Waals surface area contributed by atoms with Gasteiger partial charge in [0.05, 0.1) is 18.0 Å². The van der Waals surface area contributed by atoms with E-state index in [1.54, 1.807) is 19.2 Å². The molecule has 0 spiro atoms. The summed E-state index contributed by atoms with van der Waals surface area (Å²) in [5.74, 6) is -1.39. The minimum absolute atomic E-state index is 0.0341. The molecule has 24 heavy (non-hydrogen) atoms. The minimum atomic E-state index is -0.752. The van der Waals surface area contributed by atoms with Crippen molar-refractivity contribution in [3.63, 3.8) is 0 Å². The molecule has 1 aromatic heterocycles. The molecule has 0 saturated heterocycles. The van der Waals surface area contributed by atoms with E-state index in [9.17, 15) is 14.4 Å². The highest BCUT2D eigenvalue weighted by Crippen LogP contribution is 2.24. The van der Waals surface area contributed by atoms with Gasteiger partial charge in [0.1, 0.15) is 0 Å². The number of carboxylic acid groups (broad SMARTS) is 1. The Bertz CT molecular complexity index is 606. The van der Waals surface area contributed by atoms with Gasteiger partial charge >= 0.3 is 5.97 Å². The molecule has 0 atom stereocenters. The summed E-state index contributed by atoms with van der Waals surface area (Å²) in [4.78, 5) is 38.9. The van der Waals surface area contributed by atoms with Crippen molar-refractivity contribution < 1.29 is 19.5 Å². The quantitative estimate of drug-likeness (QED) is 0.725. The highest BCUT2D eigenvalue weighted by molar-refractivity contribution is 7.13. The maximum Gasteiger partial charge on any atom is 0.306 e. The van der Waals surface area contributed by atoms with Gasteiger partial charge in [-0.3, -0.25) is 14.4 Å². The number of carboxylic acids is 1. The molecule has 8 heteroatoms. The number of nitrogens with zero attached hydrogens (tertiary/aromatic N) is 1. The van der Waals surface area contributed by atoms with E-state index in [-0.39, 0.29) is 36.1 Å². The Morgan fingerprint density at radius 3 is 2.54 bits per heavy atom. The number of anilines is 1. The summed E-state index contributed by atoms with van der Waals surface area (Å²) in [5.41, 5.74) is 0.621. The Labute approximate surface area is 144 Å². The number of hydrogen-bond donors (Lipinski definition) is 3. The van der Waals surface area contributed by atoms with Crippen molar-refractivity contribution in [2.24, 2.45) is 11.8 Å². The summed E-state index contributed by atoms with van der Waals surface area (Å²) in [6, 6.07) is 0.0341. The van der Waals surface area contributed by atoms with Crippen molar-refractivity contribution in [1.29, 1.82) is 0 Å². The Kier molecular flexibility index (Phi) is 6.30. The van der Waals surface area contributed by atoms with Gasteiger partial charge in [-0.2, -0.15) is 0 Å². The molecule has 1 heterocycles. The van der Waals surface area contributed by atoms with Crippen LogP contribution in [0.2, 0.25) is 0 Å². The molecule has 0 unspecified atom stereocenters. The van der Waals surface area contributed by atoms with Crippen molar-refractivity contribution in [2.75, 3.05) is 5.32 Å². The Balaban J connectivity index is 1.78. The predicted molar refractivity (Wildman–Crippen MR) is 90.8 cm³/mol. The Morgan fingerprint density at radius 1 is 1.29 bits per heavy atom. The zero-order valence-corrected chi connectivity index (χ0v) is 14.7. The highest BCUT2D eigenvalue weighted by Gasteiger charge is 2.26. The molecule has 1 saturated carbocycles. The summed E-state index contributed by atoms with van der Waals surface area (Å²) in [7, 11) is 0. The van der Waals surface area contributed by atoms with Gasteiger partial charge in [0.15, 0.2) is 5.13 Å². The van der Waals surface area contributed by atoms with E-state index in [1.165, 1.54) is 11.3 Å². The Morgan fingerprint density at radius 2 is 1.96 bits per heavy atom. The first-order valence-corrected chi connectivity index (χ1v) is 9.00. The molecule has 0 aliphatic heterocycles. The van der Waals surface area contributed by atoms with Gasteiger partial charge < -0.3 is 15.7 Å². The summed E-state index contributed by atoms with van der Waals surface area (Å²) >= 11 is 1.30. The number of carbonyl (C=O) groups is 3. The molecule has 1 aliphatic rings. The van der Waals surface area contributed by atoms with E-state index < -0.39 is 5.97 Å². The van der Waals surface area contributed by atoms with Gasteiger partial charge in [0, 0.05) is 17.3 Å². The molecule has 7 nitrogen and oxygen atoms in total. The third-order valence-electron chi connectivity index (χ3n) is 4.09. The molecule has 1 aliphatic carbocycles. The van der Waals surface area contributed by atoms with E-state index in [4.69, 9.17) is 5.11 Å². The first-order chi connectivity index (χ1) is 11.3. The second kappa shape index (κ2) is 8.23. The molecule has 0 bridgehead atoms. The number of carbonyl (C=O) groups excluding carboxylic acids is 2. The zero-order valence-electron chi connectivity index (χ0n) is 13.9. The summed E-state index contributed by atoms with van der Waals surface area (Å²) in [6.45, 7) is 3.60. The van der Waals surface area contributed by atoms with E-state index in [2.05, 4.69) is 15.6 Å². The first-order valence-electron chi connectivity index (χ1n) is 8.12. The lowest BCUT2D eigenvalue weighted by atomic mass is 9.86. The van der Waals surface area contributed by atoms with Crippen LogP contribution < -0.4 is 10.6 Å². The van der Waals surface area contributed by atoms with Crippen LogP contribution in [0.15, 0.2) is 5.38 Å². The molecular formula is C16H23N3O4S. The molecule has 0 aromatic carbocycles. The minimum Gasteiger partial charge on any atom is -0.481 e. The van der Waals surface area contributed by atoms with Gasteiger partial charge in [-0.1, -0.05) is 13.8 Å². The van der Waals surface area contributed by atoms with Gasteiger partial charge in [-0.15, -0.1) is 11.3 Å². The van der Waals surface area contributed by atoms with Gasteiger partial charge in [-0.25, -0.2) is 4.98 Å². The first kappa shape index (κ1) is 18.4. The zero-order chi connectivity index (χ0) is 17.7. The summed E-state index contributed by atoms with van der Waals surface area (Å²) in [6.07, 6.45) is 2.74. The average molecular weight is 353 g/mol. The normalized spacial score (nSPS) is 20.6. The van der Waals surface area contributed by atoms with E-state index >= 15 is 0 Å². The van der Waals surface area contributed by atoms with Crippen LogP contribution in [0.25, 0.3) is 0 Å². The molecule has 2 rings (SSSR count). The van der Waals surface area contributed by atoms with Gasteiger partial charge in [-0.05, 0) is 25.7 Å². The van der Waals surface area contributed by atoms with Crippen molar-refractivity contribution in [3.05, 3.63) is 11.1 Å². The highest BCUT2D eigenvalue weighted by atomic mass is 32.1. The number of aliphatic carboxylic acids is 1. The van der Waals surface area contributed by atoms with Crippen molar-refractivity contribution in [1.82, 2.24) is 10.3 Å². The van der Waals surface area contributed by atoms with Crippen LogP contribution in [0, 0.1) is 11.8 Å². The maximum atomic E-state index is 12.1. The van der Waals surface area contributed by atoms with Crippen LogP contribution in [0.4, 0.5) is 5.13 Å². The number of hydrogen-bond acceptors (Lipinski definition) is 5. The topological polar surface area (TPSA) is 108 Å². The van der Waals surface area contributed by atoms with Crippen LogP contribution in [0.3, 0.4) is 0 Å². The predicted octanol–water partition coefficient (Wildman–Crippen LogP) is 2.04. The fraction of sp³-hybridized carbons (Fsp3) is 0.625. The maximum absolute atomic E-state index is 12.1. The SMILES string of the molecule is CC(C)C(=O)Nc1nc(CC(=O)NC2CCC(C(=O)O)CC2)cs1. The van der Waals surface area contributed by atoms with Crippen LogP contribution in [-0.2, 0) is 20.8 Å². The largest absolute Gasteiger partial charge is 0.481 e. The summed E-state index contributed by atoms with van der Waals surface area (Å²) in [5, 5.41) is 16.9. The summed E-state index contributed by atoms with van der Waals surface area (Å²) < 4.78 is 0. The van der Waals surface area contributed by atoms with Crippen molar-refractivity contribution >= 4 is 34.3 Å². The van der Waals surface area contributed by atoms with Crippen LogP contribution in [0.5, 0.6) is 0 Å². The molecule has 2 amide bonds. The van der Waals surface area contributed by atoms with E-state index in [0.29, 0.717) is 36.5 Å². The van der Waals surface area contributed by atoms with E-state index in [1.807, 2.05) is 0 Å². The fourth-order valence-corrected chi connectivity index (χ4v) is 3.34. The molecular weight excluding hydrogens is 330 g/mol. The smallest absolute Gasteiger partial charge is 0.306 e. The lowest BCUT2D eigenvalue weighted by Crippen LogP contribution is -2.39. The van der Waals surface area contributed by atoms with Crippen molar-refractivity contribution in [3.8, 4) is 0 Å². The molecule has 132 valence electrons. The van der Waals surface area contributed by atoms with Gasteiger partial charge in [0.2, 0.25) is 11.8 Å². The molecule has 1 aromatic rings. The number of amides is 2. The van der Waals surface area contributed by atoms with Crippen LogP contribution in [-0.4, -0.2) is 33.9 Å². The fourth-order valence-electron chi connectivity index (χ4n) is 2.62. The standard InChI is InChI=1S/C16H23N3O4S/c1-9(2)14(21)19-16-18-12(8-24-16)7-13(20)17-11-5-3-10(4-6-11)15(22)23/h8-11H,3-7H2,1-2H3,(H,17,20)(H,22,23)(H,18,19,21). The number of thiazole rings is 1. The number of aromatic nitrogens is 1. The molecule has 3 N–H and O–H groups in total.